The van der Waals surface area contributed by atoms with Crippen molar-refractivity contribution in [3.63, 3.8) is 0 Å². The van der Waals surface area contributed by atoms with Crippen LogP contribution in [0.2, 0.25) is 10.0 Å². The van der Waals surface area contributed by atoms with E-state index >= 15 is 0 Å². The Kier molecular flexibility index (Phi) is 5.51. The summed E-state index contributed by atoms with van der Waals surface area (Å²) < 4.78 is 0.885. The summed E-state index contributed by atoms with van der Waals surface area (Å²) >= 11 is 15.3. The molecule has 0 aliphatic rings. The van der Waals surface area contributed by atoms with Crippen molar-refractivity contribution in [2.24, 2.45) is 0 Å². The maximum absolute atomic E-state index is 11.1. The largest absolute Gasteiger partial charge is 0.480 e. The van der Waals surface area contributed by atoms with Gasteiger partial charge in [-0.05, 0) is 48.0 Å². The third-order valence-corrected chi connectivity index (χ3v) is 4.15. The second-order valence-electron chi connectivity index (χ2n) is 4.46. The molecule has 0 bridgehead atoms. The summed E-state index contributed by atoms with van der Waals surface area (Å²) in [6, 6.07) is 12.5. The van der Waals surface area contributed by atoms with Crippen LogP contribution in [0.4, 0.5) is 5.69 Å². The Morgan fingerprint density at radius 3 is 2.33 bits per heavy atom. The number of halogens is 3. The molecule has 0 radical (unpaired) electrons. The first-order valence-electron chi connectivity index (χ1n) is 6.12. The maximum Gasteiger partial charge on any atom is 0.323 e. The lowest BCUT2D eigenvalue weighted by Gasteiger charge is -2.23. The molecule has 0 fully saturated rings. The molecule has 2 aromatic rings. The normalized spacial score (nSPS) is 10.4. The predicted molar refractivity (Wildman–Crippen MR) is 89.3 cm³/mol. The van der Waals surface area contributed by atoms with Gasteiger partial charge in [0.15, 0.2) is 0 Å². The fraction of sp³-hybridized carbons (Fsp3) is 0.133. The van der Waals surface area contributed by atoms with Crippen LogP contribution in [0, 0.1) is 0 Å². The number of anilines is 1. The molecule has 0 unspecified atom stereocenters. The van der Waals surface area contributed by atoms with Gasteiger partial charge in [-0.25, -0.2) is 0 Å². The van der Waals surface area contributed by atoms with Gasteiger partial charge in [0, 0.05) is 26.8 Å². The molecule has 110 valence electrons. The van der Waals surface area contributed by atoms with E-state index in [1.807, 2.05) is 12.1 Å². The molecular formula is C15H12BrCl2NO2. The monoisotopic (exact) mass is 387 g/mol. The molecule has 0 aromatic heterocycles. The van der Waals surface area contributed by atoms with Gasteiger partial charge in [0.05, 0.1) is 0 Å². The van der Waals surface area contributed by atoms with E-state index in [1.165, 1.54) is 0 Å². The zero-order valence-electron chi connectivity index (χ0n) is 10.9. The molecule has 2 rings (SSSR count). The lowest BCUT2D eigenvalue weighted by molar-refractivity contribution is -0.135. The van der Waals surface area contributed by atoms with Gasteiger partial charge in [-0.2, -0.15) is 0 Å². The van der Waals surface area contributed by atoms with Crippen molar-refractivity contribution in [3.05, 3.63) is 62.5 Å². The number of nitrogens with zero attached hydrogens (tertiary/aromatic N) is 1. The number of carbonyl (C=O) groups is 1. The number of carboxylic acid groups (broad SMARTS) is 1. The summed E-state index contributed by atoms with van der Waals surface area (Å²) in [7, 11) is 0. The first-order valence-corrected chi connectivity index (χ1v) is 7.67. The molecule has 6 heteroatoms. The Morgan fingerprint density at radius 2 is 1.71 bits per heavy atom. The molecule has 0 saturated heterocycles. The molecule has 0 amide bonds. The maximum atomic E-state index is 11.1. The van der Waals surface area contributed by atoms with E-state index in [9.17, 15) is 4.79 Å². The summed E-state index contributed by atoms with van der Waals surface area (Å²) in [6.07, 6.45) is 0. The van der Waals surface area contributed by atoms with Crippen LogP contribution in [0.5, 0.6) is 0 Å². The van der Waals surface area contributed by atoms with Crippen LogP contribution in [0.15, 0.2) is 46.9 Å². The van der Waals surface area contributed by atoms with Crippen LogP contribution in [0.3, 0.4) is 0 Å². The van der Waals surface area contributed by atoms with Crippen LogP contribution in [0.25, 0.3) is 0 Å². The highest BCUT2D eigenvalue weighted by Crippen LogP contribution is 2.25. The molecule has 0 aliphatic carbocycles. The van der Waals surface area contributed by atoms with Crippen molar-refractivity contribution in [1.82, 2.24) is 0 Å². The van der Waals surface area contributed by atoms with Crippen LogP contribution < -0.4 is 4.90 Å². The van der Waals surface area contributed by atoms with Gasteiger partial charge < -0.3 is 10.0 Å². The highest BCUT2D eigenvalue weighted by atomic mass is 79.9. The van der Waals surface area contributed by atoms with E-state index in [0.29, 0.717) is 16.6 Å². The predicted octanol–water partition coefficient (Wildman–Crippen LogP) is 4.85. The summed E-state index contributed by atoms with van der Waals surface area (Å²) in [6.45, 7) is 0.315. The van der Waals surface area contributed by atoms with Crippen molar-refractivity contribution in [2.75, 3.05) is 11.4 Å². The summed E-state index contributed by atoms with van der Waals surface area (Å²) in [5.41, 5.74) is 1.70. The number of carboxylic acids is 1. The van der Waals surface area contributed by atoms with Gasteiger partial charge in [0.2, 0.25) is 0 Å². The number of rotatable bonds is 5. The van der Waals surface area contributed by atoms with Crippen molar-refractivity contribution >= 4 is 50.8 Å². The fourth-order valence-electron chi connectivity index (χ4n) is 1.92. The molecule has 2 aromatic carbocycles. The Morgan fingerprint density at radius 1 is 1.10 bits per heavy atom. The third-order valence-electron chi connectivity index (χ3n) is 2.89. The second-order valence-corrected chi connectivity index (χ2v) is 6.19. The zero-order chi connectivity index (χ0) is 15.4. The quantitative estimate of drug-likeness (QED) is 0.795. The van der Waals surface area contributed by atoms with Crippen molar-refractivity contribution in [2.45, 2.75) is 6.54 Å². The highest BCUT2D eigenvalue weighted by Gasteiger charge is 2.13. The molecular weight excluding hydrogens is 377 g/mol. The van der Waals surface area contributed by atoms with Crippen molar-refractivity contribution in [3.8, 4) is 0 Å². The molecule has 0 atom stereocenters. The average Bonchev–Trinajstić information content (AvgIpc) is 2.42. The summed E-state index contributed by atoms with van der Waals surface area (Å²) in [5, 5.41) is 10.3. The minimum atomic E-state index is -0.900. The fourth-order valence-corrected chi connectivity index (χ4v) is 2.62. The molecule has 3 nitrogen and oxygen atoms in total. The van der Waals surface area contributed by atoms with Gasteiger partial charge in [-0.15, -0.1) is 0 Å². The van der Waals surface area contributed by atoms with Gasteiger partial charge >= 0.3 is 5.97 Å². The average molecular weight is 389 g/mol. The Labute approximate surface area is 141 Å². The first kappa shape index (κ1) is 16.1. The van der Waals surface area contributed by atoms with Crippen molar-refractivity contribution < 1.29 is 9.90 Å². The van der Waals surface area contributed by atoms with Crippen LogP contribution in [-0.2, 0) is 11.3 Å². The number of hydrogen-bond acceptors (Lipinski definition) is 2. The molecule has 21 heavy (non-hydrogen) atoms. The van der Waals surface area contributed by atoms with Crippen LogP contribution in [-0.4, -0.2) is 17.6 Å². The van der Waals surface area contributed by atoms with E-state index < -0.39 is 5.97 Å². The molecule has 0 aliphatic heterocycles. The Hall–Kier alpha value is -1.23. The van der Waals surface area contributed by atoms with Crippen LogP contribution >= 0.6 is 39.1 Å². The van der Waals surface area contributed by atoms with Gasteiger partial charge in [0.25, 0.3) is 0 Å². The standard InChI is InChI=1S/C15H12BrCl2NO2/c16-14-6-3-12(18)7-10(14)8-19(9-15(20)21)13-4-1-11(17)2-5-13/h1-7H,8-9H2,(H,20,21). The van der Waals surface area contributed by atoms with Gasteiger partial charge in [-0.1, -0.05) is 39.1 Å². The Balaban J connectivity index is 2.30. The van der Waals surface area contributed by atoms with Crippen molar-refractivity contribution in [1.29, 1.82) is 0 Å². The first-order chi connectivity index (χ1) is 9.95. The minimum Gasteiger partial charge on any atom is -0.480 e. The number of aliphatic carboxylic acids is 1. The molecule has 0 heterocycles. The SMILES string of the molecule is O=C(O)CN(Cc1cc(Cl)ccc1Br)c1ccc(Cl)cc1. The van der Waals surface area contributed by atoms with Gasteiger partial charge in [-0.3, -0.25) is 4.79 Å². The second kappa shape index (κ2) is 7.16. The summed E-state index contributed by atoms with van der Waals surface area (Å²) in [4.78, 5) is 12.8. The Bertz CT molecular complexity index is 647. The lowest BCUT2D eigenvalue weighted by Crippen LogP contribution is -2.29. The topological polar surface area (TPSA) is 40.5 Å². The molecule has 1 N–H and O–H groups in total. The minimum absolute atomic E-state index is 0.111. The van der Waals surface area contributed by atoms with E-state index in [-0.39, 0.29) is 6.54 Å². The zero-order valence-corrected chi connectivity index (χ0v) is 14.0. The van der Waals surface area contributed by atoms with E-state index in [1.54, 1.807) is 35.2 Å². The summed E-state index contributed by atoms with van der Waals surface area (Å²) in [5.74, 6) is -0.900. The highest BCUT2D eigenvalue weighted by molar-refractivity contribution is 9.10. The lowest BCUT2D eigenvalue weighted by atomic mass is 10.2. The third kappa shape index (κ3) is 4.63. The molecule has 0 saturated carbocycles. The smallest absolute Gasteiger partial charge is 0.323 e. The van der Waals surface area contributed by atoms with Gasteiger partial charge in [0.1, 0.15) is 6.54 Å². The van der Waals surface area contributed by atoms with Crippen LogP contribution in [0.1, 0.15) is 5.56 Å². The van der Waals surface area contributed by atoms with E-state index in [0.717, 1.165) is 15.7 Å². The molecule has 0 spiro atoms. The number of benzene rings is 2. The number of hydrogen-bond donors (Lipinski definition) is 1. The van der Waals surface area contributed by atoms with E-state index in [4.69, 9.17) is 28.3 Å². The van der Waals surface area contributed by atoms with E-state index in [2.05, 4.69) is 15.9 Å².